The maximum absolute atomic E-state index is 12.8. The molecule has 25 heavy (non-hydrogen) atoms. The summed E-state index contributed by atoms with van der Waals surface area (Å²) in [5.41, 5.74) is 0.914. The molecule has 128 valence electrons. The van der Waals surface area contributed by atoms with Crippen LogP contribution in [0, 0.1) is 0 Å². The first-order chi connectivity index (χ1) is 12.1. The largest absolute Gasteiger partial charge is 0.497 e. The molecule has 2 aromatic carbocycles. The van der Waals surface area contributed by atoms with Crippen LogP contribution in [-0.4, -0.2) is 16.2 Å². The van der Waals surface area contributed by atoms with Gasteiger partial charge in [0.25, 0.3) is 5.56 Å². The van der Waals surface area contributed by atoms with Gasteiger partial charge in [0.05, 0.1) is 20.2 Å². The lowest BCUT2D eigenvalue weighted by Gasteiger charge is -2.12. The number of hydrogen-bond donors (Lipinski definition) is 0. The number of halogens is 1. The van der Waals surface area contributed by atoms with Crippen LogP contribution in [0.5, 0.6) is 5.75 Å². The Bertz CT molecular complexity index is 976. The van der Waals surface area contributed by atoms with Gasteiger partial charge in [-0.3, -0.25) is 13.9 Å². The van der Waals surface area contributed by atoms with Gasteiger partial charge in [0, 0.05) is 6.07 Å². The molecule has 1 aromatic heterocycles. The Hall–Kier alpha value is -2.79. The summed E-state index contributed by atoms with van der Waals surface area (Å²) in [5.74, 6) is 0.733. The summed E-state index contributed by atoms with van der Waals surface area (Å²) < 4.78 is 7.70. The van der Waals surface area contributed by atoms with Gasteiger partial charge in [-0.1, -0.05) is 54.1 Å². The molecule has 0 unspecified atom stereocenters. The predicted octanol–water partition coefficient (Wildman–Crippen LogP) is 2.77. The van der Waals surface area contributed by atoms with Crippen LogP contribution in [0.15, 0.2) is 70.3 Å². The molecule has 0 atom stereocenters. The smallest absolute Gasteiger partial charge is 0.332 e. The zero-order chi connectivity index (χ0) is 17.8. The van der Waals surface area contributed by atoms with Crippen LogP contribution in [0.25, 0.3) is 0 Å². The molecule has 0 bridgehead atoms. The highest BCUT2D eigenvalue weighted by Crippen LogP contribution is 2.13. The summed E-state index contributed by atoms with van der Waals surface area (Å²) in [6.45, 7) is 0.481. The predicted molar refractivity (Wildman–Crippen MR) is 97.6 cm³/mol. The van der Waals surface area contributed by atoms with E-state index in [1.165, 1.54) is 15.2 Å². The van der Waals surface area contributed by atoms with Crippen LogP contribution in [0.3, 0.4) is 0 Å². The fraction of sp³-hybridized carbons (Fsp3) is 0.158. The van der Waals surface area contributed by atoms with E-state index in [0.717, 1.165) is 16.9 Å². The van der Waals surface area contributed by atoms with Crippen molar-refractivity contribution in [1.82, 2.24) is 9.13 Å². The van der Waals surface area contributed by atoms with Crippen LogP contribution in [0.2, 0.25) is 5.15 Å². The van der Waals surface area contributed by atoms with Gasteiger partial charge in [-0.25, -0.2) is 4.79 Å². The Morgan fingerprint density at radius 1 is 0.880 bits per heavy atom. The fourth-order valence-corrected chi connectivity index (χ4v) is 2.78. The van der Waals surface area contributed by atoms with Crippen LogP contribution in [0.1, 0.15) is 11.1 Å². The van der Waals surface area contributed by atoms with Crippen molar-refractivity contribution < 1.29 is 4.74 Å². The summed E-state index contributed by atoms with van der Waals surface area (Å²) in [7, 11) is 1.59. The molecule has 3 rings (SSSR count). The zero-order valence-electron chi connectivity index (χ0n) is 13.7. The summed E-state index contributed by atoms with van der Waals surface area (Å²) in [6.07, 6.45) is 0. The third-order valence-corrected chi connectivity index (χ3v) is 4.22. The Morgan fingerprint density at radius 3 is 2.12 bits per heavy atom. The maximum atomic E-state index is 12.8. The number of aromatic nitrogens is 2. The second-order valence-electron chi connectivity index (χ2n) is 5.59. The number of nitrogens with zero attached hydrogens (tertiary/aromatic N) is 2. The van der Waals surface area contributed by atoms with E-state index in [-0.39, 0.29) is 18.2 Å². The van der Waals surface area contributed by atoms with Crippen molar-refractivity contribution in [3.8, 4) is 5.75 Å². The molecule has 6 heteroatoms. The summed E-state index contributed by atoms with van der Waals surface area (Å²) in [4.78, 5) is 25.0. The monoisotopic (exact) mass is 356 g/mol. The molecule has 0 aliphatic rings. The van der Waals surface area contributed by atoms with E-state index in [1.54, 1.807) is 7.11 Å². The standard InChI is InChI=1S/C19H17ClN2O3/c1-25-16-9-7-15(8-10-16)12-21-17(20)11-18(23)22(19(21)24)13-14-5-3-2-4-6-14/h2-11H,12-13H2,1H3. The number of hydrogen-bond acceptors (Lipinski definition) is 3. The molecular weight excluding hydrogens is 340 g/mol. The van der Waals surface area contributed by atoms with Gasteiger partial charge >= 0.3 is 5.69 Å². The van der Waals surface area contributed by atoms with E-state index in [4.69, 9.17) is 16.3 Å². The zero-order valence-corrected chi connectivity index (χ0v) is 14.4. The van der Waals surface area contributed by atoms with Crippen molar-refractivity contribution in [2.24, 2.45) is 0 Å². The maximum Gasteiger partial charge on any atom is 0.332 e. The lowest BCUT2D eigenvalue weighted by Crippen LogP contribution is -2.40. The number of rotatable bonds is 5. The number of benzene rings is 2. The van der Waals surface area contributed by atoms with E-state index < -0.39 is 11.2 Å². The van der Waals surface area contributed by atoms with Crippen molar-refractivity contribution >= 4 is 11.6 Å². The molecule has 0 aliphatic carbocycles. The van der Waals surface area contributed by atoms with Crippen LogP contribution < -0.4 is 16.0 Å². The van der Waals surface area contributed by atoms with E-state index in [2.05, 4.69) is 0 Å². The van der Waals surface area contributed by atoms with Crippen LogP contribution in [-0.2, 0) is 13.1 Å². The first-order valence-electron chi connectivity index (χ1n) is 7.75. The lowest BCUT2D eigenvalue weighted by atomic mass is 10.2. The molecule has 0 radical (unpaired) electrons. The highest BCUT2D eigenvalue weighted by molar-refractivity contribution is 6.29. The van der Waals surface area contributed by atoms with E-state index in [1.807, 2.05) is 54.6 Å². The van der Waals surface area contributed by atoms with Crippen molar-refractivity contribution in [1.29, 1.82) is 0 Å². The first-order valence-corrected chi connectivity index (χ1v) is 8.13. The number of methoxy groups -OCH3 is 1. The van der Waals surface area contributed by atoms with E-state index in [9.17, 15) is 9.59 Å². The van der Waals surface area contributed by atoms with E-state index >= 15 is 0 Å². The van der Waals surface area contributed by atoms with Crippen molar-refractivity contribution in [3.63, 3.8) is 0 Å². The molecule has 1 heterocycles. The lowest BCUT2D eigenvalue weighted by molar-refractivity contribution is 0.414. The van der Waals surface area contributed by atoms with Crippen LogP contribution >= 0.6 is 11.6 Å². The molecule has 0 spiro atoms. The van der Waals surface area contributed by atoms with Crippen molar-refractivity contribution in [2.75, 3.05) is 7.11 Å². The number of ether oxygens (including phenoxy) is 1. The van der Waals surface area contributed by atoms with Gasteiger partial charge < -0.3 is 4.74 Å². The molecule has 0 amide bonds. The summed E-state index contributed by atoms with van der Waals surface area (Å²) >= 11 is 6.14. The van der Waals surface area contributed by atoms with Crippen molar-refractivity contribution in [2.45, 2.75) is 13.1 Å². The van der Waals surface area contributed by atoms with Crippen molar-refractivity contribution in [3.05, 3.63) is 97.8 Å². The second kappa shape index (κ2) is 7.40. The normalized spacial score (nSPS) is 10.6. The summed E-state index contributed by atoms with van der Waals surface area (Å²) in [6, 6.07) is 18.0. The molecule has 0 saturated carbocycles. The Morgan fingerprint density at radius 2 is 1.48 bits per heavy atom. The Balaban J connectivity index is 1.97. The second-order valence-corrected chi connectivity index (χ2v) is 5.98. The molecule has 0 aliphatic heterocycles. The fourth-order valence-electron chi connectivity index (χ4n) is 2.56. The SMILES string of the molecule is COc1ccc(Cn2c(Cl)cc(=O)n(Cc3ccccc3)c2=O)cc1. The molecule has 0 saturated heterocycles. The van der Waals surface area contributed by atoms with Gasteiger partial charge in [0.2, 0.25) is 0 Å². The Kier molecular flexibility index (Phi) is 5.05. The highest BCUT2D eigenvalue weighted by Gasteiger charge is 2.11. The average molecular weight is 357 g/mol. The minimum Gasteiger partial charge on any atom is -0.497 e. The van der Waals surface area contributed by atoms with Gasteiger partial charge in [-0.05, 0) is 23.3 Å². The molecule has 0 fully saturated rings. The minimum atomic E-state index is -0.433. The quantitative estimate of drug-likeness (QED) is 0.660. The van der Waals surface area contributed by atoms with Crippen LogP contribution in [0.4, 0.5) is 0 Å². The third-order valence-electron chi connectivity index (χ3n) is 3.91. The van der Waals surface area contributed by atoms with Gasteiger partial charge in [0.15, 0.2) is 0 Å². The van der Waals surface area contributed by atoms with Gasteiger partial charge in [-0.2, -0.15) is 0 Å². The molecule has 5 nitrogen and oxygen atoms in total. The van der Waals surface area contributed by atoms with E-state index in [0.29, 0.717) is 0 Å². The minimum absolute atomic E-state index is 0.120. The molecule has 3 aromatic rings. The summed E-state index contributed by atoms with van der Waals surface area (Å²) in [5, 5.41) is 0.120. The Labute approximate surface area is 149 Å². The highest BCUT2D eigenvalue weighted by atomic mass is 35.5. The first kappa shape index (κ1) is 17.0. The molecule has 0 N–H and O–H groups in total. The average Bonchev–Trinajstić information content (AvgIpc) is 2.63. The third kappa shape index (κ3) is 3.83. The molecular formula is C19H17ClN2O3. The van der Waals surface area contributed by atoms with Gasteiger partial charge in [0.1, 0.15) is 10.9 Å². The van der Waals surface area contributed by atoms with Gasteiger partial charge in [-0.15, -0.1) is 0 Å². The topological polar surface area (TPSA) is 53.2 Å².